The summed E-state index contributed by atoms with van der Waals surface area (Å²) in [4.78, 5) is 12.3. The normalized spacial score (nSPS) is 35.1. The van der Waals surface area contributed by atoms with E-state index in [9.17, 15) is 4.79 Å². The fourth-order valence-corrected chi connectivity index (χ4v) is 4.08. The van der Waals surface area contributed by atoms with Gasteiger partial charge >= 0.3 is 0 Å². The van der Waals surface area contributed by atoms with Gasteiger partial charge in [0.1, 0.15) is 0 Å². The quantitative estimate of drug-likeness (QED) is 0.760. The molecule has 3 N–H and O–H groups in total. The molecule has 20 heavy (non-hydrogen) atoms. The molecule has 0 aromatic rings. The van der Waals surface area contributed by atoms with Gasteiger partial charge in [-0.2, -0.15) is 0 Å². The molecular formula is C17H32N2O. The van der Waals surface area contributed by atoms with E-state index in [-0.39, 0.29) is 17.9 Å². The van der Waals surface area contributed by atoms with E-state index in [0.717, 1.165) is 31.7 Å². The monoisotopic (exact) mass is 280 g/mol. The molecule has 0 saturated heterocycles. The van der Waals surface area contributed by atoms with Crippen molar-refractivity contribution in [3.63, 3.8) is 0 Å². The molecule has 3 heteroatoms. The highest BCUT2D eigenvalue weighted by Gasteiger charge is 2.34. The first kappa shape index (κ1) is 15.8. The van der Waals surface area contributed by atoms with Crippen LogP contribution in [0.4, 0.5) is 0 Å². The van der Waals surface area contributed by atoms with E-state index in [1.807, 2.05) is 0 Å². The zero-order valence-corrected chi connectivity index (χ0v) is 13.2. The first-order chi connectivity index (χ1) is 9.58. The number of nitrogens with two attached hydrogens (primary N) is 1. The second-order valence-electron chi connectivity index (χ2n) is 7.28. The fourth-order valence-electron chi connectivity index (χ4n) is 4.08. The smallest absolute Gasteiger partial charge is 0.223 e. The number of hydrogen-bond acceptors (Lipinski definition) is 2. The summed E-state index contributed by atoms with van der Waals surface area (Å²) in [5.74, 6) is 2.32. The summed E-state index contributed by atoms with van der Waals surface area (Å²) < 4.78 is 0. The number of carbonyl (C=O) groups excluding carboxylic acids is 1. The molecule has 2 saturated carbocycles. The lowest BCUT2D eigenvalue weighted by atomic mass is 9.72. The Morgan fingerprint density at radius 1 is 1.15 bits per heavy atom. The Hall–Kier alpha value is -0.570. The molecule has 0 spiro atoms. The highest BCUT2D eigenvalue weighted by Crippen LogP contribution is 2.33. The van der Waals surface area contributed by atoms with Crippen LogP contribution in [-0.4, -0.2) is 18.5 Å². The molecule has 2 fully saturated rings. The summed E-state index contributed by atoms with van der Waals surface area (Å²) in [7, 11) is 0. The van der Waals surface area contributed by atoms with Crippen molar-refractivity contribution < 1.29 is 4.79 Å². The lowest BCUT2D eigenvalue weighted by Crippen LogP contribution is -2.45. The average Bonchev–Trinajstić information content (AvgIpc) is 2.92. The molecule has 3 nitrogen and oxygen atoms in total. The van der Waals surface area contributed by atoms with Gasteiger partial charge in [-0.15, -0.1) is 0 Å². The standard InChI is InChI=1S/C17H32N2O/c1-12-10-13(2)16(18)11-15(12)17(20)19-9-5-8-14-6-3-4-7-14/h12-16H,3-11,18H2,1-2H3,(H,19,20). The molecule has 2 aliphatic carbocycles. The lowest BCUT2D eigenvalue weighted by Gasteiger charge is -2.36. The van der Waals surface area contributed by atoms with Crippen LogP contribution in [0.25, 0.3) is 0 Å². The number of amides is 1. The Bertz CT molecular complexity index is 312. The van der Waals surface area contributed by atoms with Crippen LogP contribution in [-0.2, 0) is 4.79 Å². The lowest BCUT2D eigenvalue weighted by molar-refractivity contribution is -0.128. The minimum absolute atomic E-state index is 0.132. The molecule has 2 aliphatic rings. The number of carbonyl (C=O) groups is 1. The largest absolute Gasteiger partial charge is 0.356 e. The molecule has 116 valence electrons. The van der Waals surface area contributed by atoms with E-state index in [2.05, 4.69) is 19.2 Å². The highest BCUT2D eigenvalue weighted by atomic mass is 16.1. The van der Waals surface area contributed by atoms with E-state index in [4.69, 9.17) is 5.73 Å². The van der Waals surface area contributed by atoms with E-state index >= 15 is 0 Å². The van der Waals surface area contributed by atoms with Gasteiger partial charge in [0.05, 0.1) is 0 Å². The third kappa shape index (κ3) is 4.21. The van der Waals surface area contributed by atoms with Gasteiger partial charge in [-0.05, 0) is 43.4 Å². The second-order valence-corrected chi connectivity index (χ2v) is 7.28. The molecular weight excluding hydrogens is 248 g/mol. The van der Waals surface area contributed by atoms with Crippen molar-refractivity contribution >= 4 is 5.91 Å². The molecule has 0 aromatic heterocycles. The zero-order chi connectivity index (χ0) is 14.5. The summed E-state index contributed by atoms with van der Waals surface area (Å²) in [6.45, 7) is 5.26. The van der Waals surface area contributed by atoms with Gasteiger partial charge < -0.3 is 11.1 Å². The average molecular weight is 280 g/mol. The van der Waals surface area contributed by atoms with Crippen LogP contribution < -0.4 is 11.1 Å². The maximum atomic E-state index is 12.3. The summed E-state index contributed by atoms with van der Waals surface area (Å²) in [6.07, 6.45) is 10.00. The van der Waals surface area contributed by atoms with Gasteiger partial charge in [0, 0.05) is 18.5 Å². The summed E-state index contributed by atoms with van der Waals surface area (Å²) in [6, 6.07) is 0.195. The van der Waals surface area contributed by atoms with Crippen LogP contribution in [0.15, 0.2) is 0 Å². The molecule has 0 bridgehead atoms. The van der Waals surface area contributed by atoms with Crippen LogP contribution >= 0.6 is 0 Å². The molecule has 1 amide bonds. The zero-order valence-electron chi connectivity index (χ0n) is 13.2. The van der Waals surface area contributed by atoms with Gasteiger partial charge in [-0.3, -0.25) is 4.79 Å². The number of rotatable bonds is 5. The van der Waals surface area contributed by atoms with Crippen molar-refractivity contribution in [1.82, 2.24) is 5.32 Å². The van der Waals surface area contributed by atoms with Crippen molar-refractivity contribution in [2.45, 2.75) is 71.3 Å². The Balaban J connectivity index is 1.66. The molecule has 0 heterocycles. The molecule has 4 atom stereocenters. The van der Waals surface area contributed by atoms with Gasteiger partial charge in [0.2, 0.25) is 5.91 Å². The van der Waals surface area contributed by atoms with E-state index < -0.39 is 0 Å². The number of hydrogen-bond donors (Lipinski definition) is 2. The SMILES string of the molecule is CC1CC(C)C(C(=O)NCCCC2CCCC2)CC1N. The molecule has 2 rings (SSSR count). The Morgan fingerprint density at radius 2 is 1.85 bits per heavy atom. The first-order valence-corrected chi connectivity index (χ1v) is 8.61. The first-order valence-electron chi connectivity index (χ1n) is 8.61. The minimum atomic E-state index is 0.132. The van der Waals surface area contributed by atoms with Crippen LogP contribution in [0.5, 0.6) is 0 Å². The molecule has 0 radical (unpaired) electrons. The summed E-state index contributed by atoms with van der Waals surface area (Å²) >= 11 is 0. The molecule has 0 aromatic carbocycles. The fraction of sp³-hybridized carbons (Fsp3) is 0.941. The van der Waals surface area contributed by atoms with Crippen molar-refractivity contribution in [3.05, 3.63) is 0 Å². The number of nitrogens with one attached hydrogen (secondary N) is 1. The van der Waals surface area contributed by atoms with Crippen LogP contribution in [0.3, 0.4) is 0 Å². The Morgan fingerprint density at radius 3 is 2.55 bits per heavy atom. The van der Waals surface area contributed by atoms with Crippen molar-refractivity contribution in [2.24, 2.45) is 29.4 Å². The van der Waals surface area contributed by atoms with Crippen LogP contribution in [0.1, 0.15) is 65.2 Å². The maximum Gasteiger partial charge on any atom is 0.223 e. The summed E-state index contributed by atoms with van der Waals surface area (Å²) in [5, 5.41) is 3.15. The van der Waals surface area contributed by atoms with Crippen molar-refractivity contribution in [2.75, 3.05) is 6.54 Å². The van der Waals surface area contributed by atoms with Gasteiger partial charge in [0.25, 0.3) is 0 Å². The predicted molar refractivity (Wildman–Crippen MR) is 83.2 cm³/mol. The third-order valence-electron chi connectivity index (χ3n) is 5.59. The van der Waals surface area contributed by atoms with Crippen molar-refractivity contribution in [1.29, 1.82) is 0 Å². The Labute approximate surface area is 124 Å². The van der Waals surface area contributed by atoms with Crippen LogP contribution in [0, 0.1) is 23.7 Å². The van der Waals surface area contributed by atoms with Gasteiger partial charge in [-0.1, -0.05) is 39.5 Å². The molecule has 0 aliphatic heterocycles. The Kier molecular flexibility index (Phi) is 5.88. The minimum Gasteiger partial charge on any atom is -0.356 e. The van der Waals surface area contributed by atoms with Gasteiger partial charge in [-0.25, -0.2) is 0 Å². The van der Waals surface area contributed by atoms with Gasteiger partial charge in [0.15, 0.2) is 0 Å². The van der Waals surface area contributed by atoms with Crippen LogP contribution in [0.2, 0.25) is 0 Å². The van der Waals surface area contributed by atoms with Crippen molar-refractivity contribution in [3.8, 4) is 0 Å². The van der Waals surface area contributed by atoms with E-state index in [1.54, 1.807) is 0 Å². The molecule has 4 unspecified atom stereocenters. The van der Waals surface area contributed by atoms with E-state index in [0.29, 0.717) is 11.8 Å². The summed E-state index contributed by atoms with van der Waals surface area (Å²) in [5.41, 5.74) is 6.13. The maximum absolute atomic E-state index is 12.3. The third-order valence-corrected chi connectivity index (χ3v) is 5.59. The predicted octanol–water partition coefficient (Wildman–Crippen LogP) is 3.08. The van der Waals surface area contributed by atoms with E-state index in [1.165, 1.54) is 32.1 Å². The highest BCUT2D eigenvalue weighted by molar-refractivity contribution is 5.79. The second kappa shape index (κ2) is 7.44. The topological polar surface area (TPSA) is 55.1 Å².